The van der Waals surface area contributed by atoms with Crippen LogP contribution in [0.4, 0.5) is 0 Å². The second-order valence-corrected chi connectivity index (χ2v) is 32.4. The normalized spacial score (nSPS) is 28.9. The molecule has 13 aliphatic rings. The Bertz CT molecular complexity index is 4260. The van der Waals surface area contributed by atoms with E-state index in [-0.39, 0.29) is 180 Å². The van der Waals surface area contributed by atoms with Crippen LogP contribution in [-0.4, -0.2) is 223 Å². The zero-order valence-electron chi connectivity index (χ0n) is 66.1. The van der Waals surface area contributed by atoms with Crippen molar-refractivity contribution in [3.8, 4) is 34.5 Å². The molecule has 5 aromatic rings. The molecular weight excluding hydrogens is 1490 g/mol. The molecular formula is C87H108N8O21. The Labute approximate surface area is 675 Å². The number of carbonyl (C=O) groups is 8. The summed E-state index contributed by atoms with van der Waals surface area (Å²) in [5.41, 5.74) is 2.14. The summed E-state index contributed by atoms with van der Waals surface area (Å²) in [7, 11) is 0. The standard InChI is InChI=1S/C25H28N2O6.C22H28N2O5.2C20H26N2O5/c1-2-30-17-8-10-18(11-9-17)33-19-5-3-4-16(12-19)25(29)27-21-14-32-22-20(13-31-23(21)22)26-24(28)15-6-7-15;25-21(13-8-9-13)23-17-11-27-20-18(12-28-19(17)20)24-22(26)14-4-3-7-16(10-14)29-15-5-1-2-6-15;1-11(2)27-14-5-3-4-13(8-14)20(24)22-16-10-26-17-15(9-25-18(16)17)21-19(23)12-6-7-12;1-2-8-25-14-5-3-4-13(9-14)20(24)22-16-11-27-17-15(10-26-18(16)17)21-19(23)12-6-7-12/h3-5,8-12,15,20-23H,2,6-7,13-14H2,1H3,(H,26,28)(H,27,29);3-4,7,10,13,15,17-20H,1-2,5-6,8-9,11-12H2,(H,23,25)(H,24,26);3-5,8,11-12,15-18H,6-7,9-10H2,1-2H3,(H,21,23)(H,22,24);3-5,9,12,15-18H,2,6-8,10-11H2,1H3,(H,21,23)(H,22,24). The number of amides is 8. The number of nitrogens with one attached hydrogen (secondary N) is 8. The van der Waals surface area contributed by atoms with Crippen LogP contribution in [0.15, 0.2) is 121 Å². The molecule has 5 saturated carbocycles. The fourth-order valence-electron chi connectivity index (χ4n) is 16.0. The zero-order chi connectivity index (χ0) is 80.3. The molecule has 0 aromatic heterocycles. The molecule has 0 spiro atoms. The monoisotopic (exact) mass is 1600 g/mol. The van der Waals surface area contributed by atoms with E-state index < -0.39 is 0 Å². The average molecular weight is 1600 g/mol. The molecule has 18 rings (SSSR count). The quantitative estimate of drug-likeness (QED) is 0.0262. The molecule has 16 atom stereocenters. The van der Waals surface area contributed by atoms with Gasteiger partial charge in [0.2, 0.25) is 23.6 Å². The van der Waals surface area contributed by atoms with E-state index in [0.29, 0.717) is 111 Å². The highest BCUT2D eigenvalue weighted by Crippen LogP contribution is 2.38. The van der Waals surface area contributed by atoms with Crippen molar-refractivity contribution in [1.29, 1.82) is 0 Å². The first-order valence-corrected chi connectivity index (χ1v) is 41.6. The Morgan fingerprint density at radius 2 is 0.629 bits per heavy atom. The Hall–Kier alpha value is -9.46. The maximum atomic E-state index is 12.9. The third-order valence-corrected chi connectivity index (χ3v) is 22.8. The third kappa shape index (κ3) is 21.1. The van der Waals surface area contributed by atoms with E-state index in [1.54, 1.807) is 66.7 Å². The van der Waals surface area contributed by atoms with Gasteiger partial charge in [-0.2, -0.15) is 0 Å². The van der Waals surface area contributed by atoms with Crippen LogP contribution in [0.3, 0.4) is 0 Å². The van der Waals surface area contributed by atoms with Gasteiger partial charge in [-0.1, -0.05) is 31.2 Å². The van der Waals surface area contributed by atoms with Gasteiger partial charge in [0, 0.05) is 45.9 Å². The minimum absolute atomic E-state index is 0.0435. The van der Waals surface area contributed by atoms with E-state index in [4.69, 9.17) is 61.6 Å². The van der Waals surface area contributed by atoms with Gasteiger partial charge in [-0.25, -0.2) is 0 Å². The van der Waals surface area contributed by atoms with Gasteiger partial charge in [-0.3, -0.25) is 38.4 Å². The highest BCUT2D eigenvalue weighted by molar-refractivity contribution is 5.97. The van der Waals surface area contributed by atoms with Crippen molar-refractivity contribution in [2.45, 2.75) is 221 Å². The Morgan fingerprint density at radius 3 is 0.957 bits per heavy atom. The lowest BCUT2D eigenvalue weighted by Crippen LogP contribution is -2.47. The van der Waals surface area contributed by atoms with Crippen LogP contribution in [0.5, 0.6) is 34.5 Å². The molecule has 116 heavy (non-hydrogen) atoms. The lowest BCUT2D eigenvalue weighted by atomic mass is 10.1. The third-order valence-electron chi connectivity index (χ3n) is 22.8. The first-order valence-electron chi connectivity index (χ1n) is 41.6. The molecule has 8 heterocycles. The molecule has 13 fully saturated rings. The van der Waals surface area contributed by atoms with Crippen LogP contribution in [0.1, 0.15) is 153 Å². The molecule has 5 aliphatic carbocycles. The van der Waals surface area contributed by atoms with Gasteiger partial charge >= 0.3 is 0 Å². The van der Waals surface area contributed by atoms with Crippen LogP contribution >= 0.6 is 0 Å². The molecule has 16 unspecified atom stereocenters. The number of carbonyl (C=O) groups excluding carboxylic acids is 8. The fraction of sp³-hybridized carbons (Fsp3) is 0.563. The number of rotatable bonds is 27. The molecule has 8 saturated heterocycles. The van der Waals surface area contributed by atoms with Crippen LogP contribution in [0, 0.1) is 23.7 Å². The number of hydrogen-bond acceptors (Lipinski definition) is 21. The molecule has 5 aromatic carbocycles. The summed E-state index contributed by atoms with van der Waals surface area (Å²) in [5.74, 6) is 4.27. The molecule has 8 N–H and O–H groups in total. The second kappa shape index (κ2) is 37.9. The largest absolute Gasteiger partial charge is 0.494 e. The van der Waals surface area contributed by atoms with Crippen molar-refractivity contribution in [2.75, 3.05) is 66.1 Å². The second-order valence-electron chi connectivity index (χ2n) is 32.4. The number of fused-ring (bicyclic) bond motifs is 4. The highest BCUT2D eigenvalue weighted by atomic mass is 16.6. The average Bonchev–Trinajstić information content (AvgIpc) is 1.65. The van der Waals surface area contributed by atoms with Crippen molar-refractivity contribution in [3.63, 3.8) is 0 Å². The van der Waals surface area contributed by atoms with E-state index in [1.165, 1.54) is 12.8 Å². The summed E-state index contributed by atoms with van der Waals surface area (Å²) in [5, 5.41) is 24.2. The maximum Gasteiger partial charge on any atom is 0.251 e. The van der Waals surface area contributed by atoms with E-state index in [0.717, 1.165) is 82.1 Å². The summed E-state index contributed by atoms with van der Waals surface area (Å²) in [4.78, 5) is 99.1. The molecule has 8 amide bonds. The van der Waals surface area contributed by atoms with E-state index >= 15 is 0 Å². The van der Waals surface area contributed by atoms with Crippen molar-refractivity contribution >= 4 is 47.3 Å². The first-order chi connectivity index (χ1) is 56.4. The molecule has 622 valence electrons. The fourth-order valence-corrected chi connectivity index (χ4v) is 16.0. The number of benzene rings is 5. The Morgan fingerprint density at radius 1 is 0.336 bits per heavy atom. The summed E-state index contributed by atoms with van der Waals surface area (Å²) in [6, 6.07) is 34.4. The van der Waals surface area contributed by atoms with Gasteiger partial charge < -0.3 is 104 Å². The number of ether oxygens (including phenoxy) is 13. The predicted octanol–water partition coefficient (Wildman–Crippen LogP) is 7.00. The molecule has 0 radical (unpaired) electrons. The smallest absolute Gasteiger partial charge is 0.251 e. The van der Waals surface area contributed by atoms with Crippen LogP contribution < -0.4 is 66.2 Å². The minimum atomic E-state index is -0.277. The Balaban J connectivity index is 0.000000122. The highest BCUT2D eigenvalue weighted by Gasteiger charge is 2.54. The van der Waals surface area contributed by atoms with Gasteiger partial charge in [-0.05, 0) is 201 Å². The van der Waals surface area contributed by atoms with E-state index in [9.17, 15) is 38.4 Å². The predicted molar refractivity (Wildman–Crippen MR) is 419 cm³/mol. The summed E-state index contributed by atoms with van der Waals surface area (Å²) in [6.07, 6.45) is 11.6. The van der Waals surface area contributed by atoms with Gasteiger partial charge in [0.05, 0.1) is 127 Å². The molecule has 8 aliphatic heterocycles. The van der Waals surface area contributed by atoms with E-state index in [2.05, 4.69) is 42.5 Å². The molecule has 29 nitrogen and oxygen atoms in total. The molecule has 0 bridgehead atoms. The van der Waals surface area contributed by atoms with Gasteiger partial charge in [0.15, 0.2) is 0 Å². The van der Waals surface area contributed by atoms with Crippen LogP contribution in [-0.2, 0) is 57.1 Å². The van der Waals surface area contributed by atoms with Crippen molar-refractivity contribution in [1.82, 2.24) is 42.5 Å². The molecule has 29 heteroatoms. The van der Waals surface area contributed by atoms with E-state index in [1.807, 2.05) is 82.3 Å². The van der Waals surface area contributed by atoms with Crippen molar-refractivity contribution < 1.29 is 99.9 Å². The first kappa shape index (κ1) is 81.7. The maximum absolute atomic E-state index is 12.9. The van der Waals surface area contributed by atoms with Crippen LogP contribution in [0.2, 0.25) is 0 Å². The Kier molecular flexibility index (Phi) is 26.7. The van der Waals surface area contributed by atoms with Gasteiger partial charge in [0.25, 0.3) is 23.6 Å². The van der Waals surface area contributed by atoms with Gasteiger partial charge in [-0.15, -0.1) is 0 Å². The topological polar surface area (TPSA) is 353 Å². The van der Waals surface area contributed by atoms with Gasteiger partial charge in [0.1, 0.15) is 83.3 Å². The number of hydrogen-bond donors (Lipinski definition) is 8. The van der Waals surface area contributed by atoms with Crippen LogP contribution in [0.25, 0.3) is 0 Å². The summed E-state index contributed by atoms with van der Waals surface area (Å²) in [6.45, 7) is 12.2. The minimum Gasteiger partial charge on any atom is -0.494 e. The lowest BCUT2D eigenvalue weighted by Gasteiger charge is -2.19. The summed E-state index contributed by atoms with van der Waals surface area (Å²) < 4.78 is 75.4. The SMILES string of the molecule is CC(C)Oc1cccc(C(=O)NC2COC3C(NC(=O)C4CC4)COC23)c1.CCCOc1cccc(C(=O)NC2COC3C(NC(=O)C4CC4)COC23)c1.CCOc1ccc(Oc2cccc(C(=O)NC3COC4C(NC(=O)C5CC5)COC34)c2)cc1.O=C(NC1COC2C(NC(=O)C3CC3)COC12)c1cccc(OC2CCCC2)c1. The van der Waals surface area contributed by atoms with Crippen molar-refractivity contribution in [2.24, 2.45) is 23.7 Å². The summed E-state index contributed by atoms with van der Waals surface area (Å²) >= 11 is 0. The lowest BCUT2D eigenvalue weighted by molar-refractivity contribution is -0.124. The zero-order valence-corrected chi connectivity index (χ0v) is 66.1. The van der Waals surface area contributed by atoms with Crippen molar-refractivity contribution in [3.05, 3.63) is 144 Å².